The van der Waals surface area contributed by atoms with Crippen LogP contribution in [-0.2, 0) is 6.54 Å². The Morgan fingerprint density at radius 3 is 2.79 bits per heavy atom. The van der Waals surface area contributed by atoms with Crippen molar-refractivity contribution >= 4 is 29.3 Å². The average Bonchev–Trinajstić information content (AvgIpc) is 3.40. The average molecular weight is 342 g/mol. The van der Waals surface area contributed by atoms with Gasteiger partial charge >= 0.3 is 0 Å². The first-order chi connectivity index (χ1) is 11.2. The largest absolute Gasteiger partial charge is 0.382 e. The number of nitrogens with zero attached hydrogens (tertiary/aromatic N) is 4. The second-order valence-corrected chi connectivity index (χ2v) is 6.17. The van der Waals surface area contributed by atoms with E-state index in [1.54, 1.807) is 0 Å². The first-order valence-electron chi connectivity index (χ1n) is 7.87. The van der Waals surface area contributed by atoms with Crippen molar-refractivity contribution < 1.29 is 0 Å². The van der Waals surface area contributed by atoms with E-state index in [2.05, 4.69) is 51.2 Å². The number of nitrogen functional groups attached to an aromatic ring is 1. The molecular weight excluding hydrogens is 322 g/mol. The van der Waals surface area contributed by atoms with Crippen molar-refractivity contribution in [3.63, 3.8) is 0 Å². The number of anilines is 1. The molecule has 3 aromatic rings. The zero-order chi connectivity index (χ0) is 15.8. The molecule has 6 heteroatoms. The molecule has 1 aliphatic rings. The van der Waals surface area contributed by atoms with E-state index in [1.807, 2.05) is 12.1 Å². The maximum absolute atomic E-state index is 5.92. The number of aromatic nitrogens is 3. The van der Waals surface area contributed by atoms with Crippen LogP contribution in [0.25, 0.3) is 22.3 Å². The standard InChI is InChI=1S/C18H19N5.ClH/c1-23(14-5-6-14)10-12-3-2-4-13(9-12)15-7-8-16-17(22-15)18(19)21-11-20-16;/h2-4,7-9,11,14H,5-6,10H2,1H3,(H2,19,20,21);1H. The van der Waals surface area contributed by atoms with Crippen molar-refractivity contribution in [3.8, 4) is 11.3 Å². The normalized spacial score (nSPS) is 13.9. The Kier molecular flexibility index (Phi) is 4.64. The maximum Gasteiger partial charge on any atom is 0.153 e. The first kappa shape index (κ1) is 16.6. The molecule has 1 saturated carbocycles. The molecule has 0 atom stereocenters. The fourth-order valence-electron chi connectivity index (χ4n) is 2.88. The number of rotatable bonds is 4. The Morgan fingerprint density at radius 2 is 2.00 bits per heavy atom. The second kappa shape index (κ2) is 6.71. The number of hydrogen-bond donors (Lipinski definition) is 1. The third-order valence-electron chi connectivity index (χ3n) is 4.34. The molecule has 4 rings (SSSR count). The van der Waals surface area contributed by atoms with Crippen LogP contribution in [0.1, 0.15) is 18.4 Å². The van der Waals surface area contributed by atoms with Gasteiger partial charge in [0, 0.05) is 18.2 Å². The molecule has 2 aromatic heterocycles. The third-order valence-corrected chi connectivity index (χ3v) is 4.34. The van der Waals surface area contributed by atoms with Gasteiger partial charge in [-0.2, -0.15) is 0 Å². The second-order valence-electron chi connectivity index (χ2n) is 6.17. The molecule has 0 bridgehead atoms. The van der Waals surface area contributed by atoms with Gasteiger partial charge in [-0.3, -0.25) is 4.90 Å². The van der Waals surface area contributed by atoms with Gasteiger partial charge < -0.3 is 5.73 Å². The van der Waals surface area contributed by atoms with Gasteiger partial charge in [-0.25, -0.2) is 15.0 Å². The van der Waals surface area contributed by atoms with E-state index in [-0.39, 0.29) is 12.4 Å². The maximum atomic E-state index is 5.92. The Morgan fingerprint density at radius 1 is 1.17 bits per heavy atom. The van der Waals surface area contributed by atoms with Crippen LogP contribution in [0, 0.1) is 0 Å². The molecule has 1 aromatic carbocycles. The van der Waals surface area contributed by atoms with E-state index in [1.165, 1.54) is 24.7 Å². The lowest BCUT2D eigenvalue weighted by Crippen LogP contribution is -2.19. The summed E-state index contributed by atoms with van der Waals surface area (Å²) in [6.45, 7) is 0.970. The quantitative estimate of drug-likeness (QED) is 0.788. The molecule has 0 saturated heterocycles. The molecule has 5 nitrogen and oxygen atoms in total. The highest BCUT2D eigenvalue weighted by atomic mass is 35.5. The Balaban J connectivity index is 0.00000169. The van der Waals surface area contributed by atoms with Crippen LogP contribution in [0.3, 0.4) is 0 Å². The lowest BCUT2D eigenvalue weighted by atomic mass is 10.1. The smallest absolute Gasteiger partial charge is 0.153 e. The summed E-state index contributed by atoms with van der Waals surface area (Å²) < 4.78 is 0. The SMILES string of the molecule is CN(Cc1cccc(-c2ccc3ncnc(N)c3n2)c1)C1CC1.Cl. The van der Waals surface area contributed by atoms with Gasteiger partial charge in [0.15, 0.2) is 5.82 Å². The summed E-state index contributed by atoms with van der Waals surface area (Å²) in [4.78, 5) is 15.3. The van der Waals surface area contributed by atoms with Crippen LogP contribution in [0.5, 0.6) is 0 Å². The molecule has 0 unspecified atom stereocenters. The number of fused-ring (bicyclic) bond motifs is 1. The minimum Gasteiger partial charge on any atom is -0.382 e. The Bertz CT molecular complexity index is 863. The molecule has 1 aliphatic carbocycles. The highest BCUT2D eigenvalue weighted by Crippen LogP contribution is 2.28. The summed E-state index contributed by atoms with van der Waals surface area (Å²) in [6, 6.07) is 13.2. The van der Waals surface area contributed by atoms with E-state index < -0.39 is 0 Å². The van der Waals surface area contributed by atoms with Crippen LogP contribution in [0.4, 0.5) is 5.82 Å². The summed E-state index contributed by atoms with van der Waals surface area (Å²) in [5.41, 5.74) is 10.6. The van der Waals surface area contributed by atoms with Crippen LogP contribution in [0.15, 0.2) is 42.7 Å². The lowest BCUT2D eigenvalue weighted by molar-refractivity contribution is 0.316. The van der Waals surface area contributed by atoms with E-state index >= 15 is 0 Å². The van der Waals surface area contributed by atoms with Gasteiger partial charge in [-0.15, -0.1) is 12.4 Å². The van der Waals surface area contributed by atoms with Crippen LogP contribution in [-0.4, -0.2) is 32.9 Å². The Hall–Kier alpha value is -2.24. The summed E-state index contributed by atoms with van der Waals surface area (Å²) in [6.07, 6.45) is 4.11. The van der Waals surface area contributed by atoms with Crippen molar-refractivity contribution in [2.45, 2.75) is 25.4 Å². The van der Waals surface area contributed by atoms with Crippen molar-refractivity contribution in [1.29, 1.82) is 0 Å². The zero-order valence-electron chi connectivity index (χ0n) is 13.5. The first-order valence-corrected chi connectivity index (χ1v) is 7.87. The van der Waals surface area contributed by atoms with Gasteiger partial charge in [0.2, 0.25) is 0 Å². The summed E-state index contributed by atoms with van der Waals surface area (Å²) in [7, 11) is 2.19. The van der Waals surface area contributed by atoms with Crippen molar-refractivity contribution in [2.75, 3.05) is 12.8 Å². The number of benzene rings is 1. The van der Waals surface area contributed by atoms with Crippen LogP contribution < -0.4 is 5.73 Å². The van der Waals surface area contributed by atoms with Crippen molar-refractivity contribution in [2.24, 2.45) is 0 Å². The van der Waals surface area contributed by atoms with E-state index in [9.17, 15) is 0 Å². The highest BCUT2D eigenvalue weighted by molar-refractivity contribution is 5.86. The fourth-order valence-corrected chi connectivity index (χ4v) is 2.88. The number of nitrogens with two attached hydrogens (primary N) is 1. The van der Waals surface area contributed by atoms with Gasteiger partial charge in [0.1, 0.15) is 11.8 Å². The van der Waals surface area contributed by atoms with Crippen LogP contribution in [0.2, 0.25) is 0 Å². The molecule has 0 radical (unpaired) electrons. The molecular formula is C18H20ClN5. The minimum absolute atomic E-state index is 0. The van der Waals surface area contributed by atoms with Gasteiger partial charge in [-0.1, -0.05) is 18.2 Å². The Labute approximate surface area is 147 Å². The fraction of sp³-hybridized carbons (Fsp3) is 0.278. The zero-order valence-corrected chi connectivity index (χ0v) is 14.3. The van der Waals surface area contributed by atoms with Crippen molar-refractivity contribution in [3.05, 3.63) is 48.3 Å². The third kappa shape index (κ3) is 3.32. The number of hydrogen-bond acceptors (Lipinski definition) is 5. The van der Waals surface area contributed by atoms with E-state index in [0.29, 0.717) is 11.3 Å². The summed E-state index contributed by atoms with van der Waals surface area (Å²) in [5.74, 6) is 0.418. The number of halogens is 1. The lowest BCUT2D eigenvalue weighted by Gasteiger charge is -2.16. The molecule has 0 aliphatic heterocycles. The molecule has 0 amide bonds. The predicted molar refractivity (Wildman–Crippen MR) is 98.9 cm³/mol. The summed E-state index contributed by atoms with van der Waals surface area (Å²) >= 11 is 0. The van der Waals surface area contributed by atoms with Gasteiger partial charge in [-0.05, 0) is 43.7 Å². The number of pyridine rings is 1. The summed E-state index contributed by atoms with van der Waals surface area (Å²) in [5, 5.41) is 0. The monoisotopic (exact) mass is 341 g/mol. The van der Waals surface area contributed by atoms with Gasteiger partial charge in [0.05, 0.1) is 11.2 Å². The van der Waals surface area contributed by atoms with E-state index in [0.717, 1.165) is 29.4 Å². The molecule has 0 spiro atoms. The van der Waals surface area contributed by atoms with E-state index in [4.69, 9.17) is 5.73 Å². The molecule has 2 N–H and O–H groups in total. The molecule has 124 valence electrons. The highest BCUT2D eigenvalue weighted by Gasteiger charge is 2.25. The van der Waals surface area contributed by atoms with Gasteiger partial charge in [0.25, 0.3) is 0 Å². The molecule has 1 fully saturated rings. The molecule has 24 heavy (non-hydrogen) atoms. The minimum atomic E-state index is 0. The predicted octanol–water partition coefficient (Wildman–Crippen LogP) is 3.29. The van der Waals surface area contributed by atoms with Crippen LogP contribution >= 0.6 is 12.4 Å². The molecule has 2 heterocycles. The topological polar surface area (TPSA) is 67.9 Å². The van der Waals surface area contributed by atoms with Crippen molar-refractivity contribution in [1.82, 2.24) is 19.9 Å².